The molecule has 27 heavy (non-hydrogen) atoms. The van der Waals surface area contributed by atoms with E-state index in [9.17, 15) is 5.11 Å². The highest BCUT2D eigenvalue weighted by atomic mass is 16.3. The summed E-state index contributed by atoms with van der Waals surface area (Å²) in [5, 5.41) is 13.5. The fraction of sp³-hybridized carbons (Fsp3) is 0.286. The van der Waals surface area contributed by atoms with Crippen molar-refractivity contribution in [3.63, 3.8) is 0 Å². The van der Waals surface area contributed by atoms with Crippen LogP contribution in [-0.2, 0) is 0 Å². The maximum Gasteiger partial charge on any atom is 0.120 e. The minimum Gasteiger partial charge on any atom is -0.508 e. The SMILES string of the molecule is N/C(=C\c1cc(C2CNCC2c2cccnc2)[nH]c1N)C1=CCCC=C1O. The van der Waals surface area contributed by atoms with Crippen LogP contribution in [0.3, 0.4) is 0 Å². The number of aromatic nitrogens is 2. The molecule has 2 atom stereocenters. The van der Waals surface area contributed by atoms with Crippen molar-refractivity contribution < 1.29 is 5.11 Å². The number of nitrogens with two attached hydrogens (primary N) is 2. The zero-order valence-corrected chi connectivity index (χ0v) is 15.2. The lowest BCUT2D eigenvalue weighted by Gasteiger charge is -2.17. The standard InChI is InChI=1S/C21H25N5O/c22-18(15-5-1-2-6-20(15)27)8-14-9-19(26-21(14)23)17-12-25-11-16(17)13-4-3-7-24-10-13/h3-10,16-17,25-27H,1-2,11-12,22-23H2/b18-8-. The molecule has 1 saturated heterocycles. The van der Waals surface area contributed by atoms with Gasteiger partial charge in [-0.1, -0.05) is 12.1 Å². The van der Waals surface area contributed by atoms with Crippen LogP contribution >= 0.6 is 0 Å². The van der Waals surface area contributed by atoms with Crippen LogP contribution in [0, 0.1) is 0 Å². The molecule has 0 radical (unpaired) electrons. The second kappa shape index (κ2) is 7.32. The number of nitrogens with zero attached hydrogens (tertiary/aromatic N) is 1. The largest absolute Gasteiger partial charge is 0.508 e. The van der Waals surface area contributed by atoms with Gasteiger partial charge in [-0.3, -0.25) is 4.98 Å². The van der Waals surface area contributed by atoms with Gasteiger partial charge in [-0.05, 0) is 42.7 Å². The first kappa shape index (κ1) is 17.4. The van der Waals surface area contributed by atoms with E-state index in [0.717, 1.165) is 37.2 Å². The van der Waals surface area contributed by atoms with Gasteiger partial charge in [0.05, 0.1) is 0 Å². The summed E-state index contributed by atoms with van der Waals surface area (Å²) in [4.78, 5) is 7.58. The van der Waals surface area contributed by atoms with E-state index in [4.69, 9.17) is 11.5 Å². The van der Waals surface area contributed by atoms with Crippen LogP contribution in [0.15, 0.2) is 59.8 Å². The summed E-state index contributed by atoms with van der Waals surface area (Å²) >= 11 is 0. The zero-order valence-electron chi connectivity index (χ0n) is 15.2. The first-order chi connectivity index (χ1) is 13.1. The van der Waals surface area contributed by atoms with E-state index in [0.29, 0.717) is 28.9 Å². The average molecular weight is 363 g/mol. The van der Waals surface area contributed by atoms with E-state index in [1.807, 2.05) is 24.4 Å². The molecule has 0 bridgehead atoms. The zero-order chi connectivity index (χ0) is 18.8. The van der Waals surface area contributed by atoms with Crippen molar-refractivity contribution in [3.05, 3.63) is 76.6 Å². The molecule has 4 rings (SSSR count). The van der Waals surface area contributed by atoms with Crippen LogP contribution in [0.25, 0.3) is 6.08 Å². The first-order valence-corrected chi connectivity index (χ1v) is 9.29. The molecule has 2 aromatic heterocycles. The number of allylic oxidation sites excluding steroid dienone is 2. The molecule has 0 amide bonds. The van der Waals surface area contributed by atoms with Gasteiger partial charge in [-0.25, -0.2) is 0 Å². The molecule has 1 aliphatic carbocycles. The Morgan fingerprint density at radius 2 is 2.04 bits per heavy atom. The second-order valence-corrected chi connectivity index (χ2v) is 7.14. The summed E-state index contributed by atoms with van der Waals surface area (Å²) in [6.45, 7) is 1.79. The summed E-state index contributed by atoms with van der Waals surface area (Å²) < 4.78 is 0. The smallest absolute Gasteiger partial charge is 0.120 e. The number of anilines is 1. The number of hydrogen-bond donors (Lipinski definition) is 5. The lowest BCUT2D eigenvalue weighted by atomic mass is 9.87. The third-order valence-corrected chi connectivity index (χ3v) is 5.38. The van der Waals surface area contributed by atoms with E-state index >= 15 is 0 Å². The number of H-pyrrole nitrogens is 1. The van der Waals surface area contributed by atoms with Gasteiger partial charge in [-0.2, -0.15) is 0 Å². The van der Waals surface area contributed by atoms with Crippen molar-refractivity contribution in [2.75, 3.05) is 18.8 Å². The highest BCUT2D eigenvalue weighted by molar-refractivity contribution is 5.69. The number of aliphatic hydroxyl groups is 1. The molecule has 3 heterocycles. The average Bonchev–Trinajstić information content (AvgIpc) is 3.30. The summed E-state index contributed by atoms with van der Waals surface area (Å²) in [6.07, 6.45) is 11.0. The van der Waals surface area contributed by atoms with Gasteiger partial charge in [0.1, 0.15) is 11.6 Å². The van der Waals surface area contributed by atoms with Crippen molar-refractivity contribution in [3.8, 4) is 0 Å². The van der Waals surface area contributed by atoms with Gasteiger partial charge < -0.3 is 26.9 Å². The normalized spacial score (nSPS) is 23.2. The highest BCUT2D eigenvalue weighted by Gasteiger charge is 2.31. The molecule has 140 valence electrons. The number of nitrogens with one attached hydrogen (secondary N) is 2. The van der Waals surface area contributed by atoms with Crippen molar-refractivity contribution in [2.45, 2.75) is 24.7 Å². The molecule has 1 fully saturated rings. The van der Waals surface area contributed by atoms with Gasteiger partial charge in [0.25, 0.3) is 0 Å². The monoisotopic (exact) mass is 363 g/mol. The summed E-state index contributed by atoms with van der Waals surface area (Å²) in [7, 11) is 0. The van der Waals surface area contributed by atoms with E-state index in [2.05, 4.69) is 27.4 Å². The van der Waals surface area contributed by atoms with Crippen LogP contribution < -0.4 is 16.8 Å². The molecule has 6 heteroatoms. The molecule has 0 spiro atoms. The quantitative estimate of drug-likeness (QED) is 0.573. The van der Waals surface area contributed by atoms with Gasteiger partial charge in [0.2, 0.25) is 0 Å². The molecular formula is C21H25N5O. The third-order valence-electron chi connectivity index (χ3n) is 5.38. The van der Waals surface area contributed by atoms with Crippen LogP contribution in [0.5, 0.6) is 0 Å². The molecule has 0 saturated carbocycles. The Balaban J connectivity index is 1.61. The molecule has 2 aromatic rings. The fourth-order valence-corrected chi connectivity index (χ4v) is 3.95. The topological polar surface area (TPSA) is 113 Å². The minimum absolute atomic E-state index is 0.237. The molecule has 1 aliphatic heterocycles. The Kier molecular flexibility index (Phi) is 4.73. The third kappa shape index (κ3) is 3.48. The summed E-state index contributed by atoms with van der Waals surface area (Å²) in [5.74, 6) is 1.46. The van der Waals surface area contributed by atoms with Crippen LogP contribution in [-0.4, -0.2) is 28.2 Å². The van der Waals surface area contributed by atoms with Gasteiger partial charge in [0.15, 0.2) is 0 Å². The lowest BCUT2D eigenvalue weighted by molar-refractivity contribution is 0.419. The van der Waals surface area contributed by atoms with Crippen LogP contribution in [0.2, 0.25) is 0 Å². The highest BCUT2D eigenvalue weighted by Crippen LogP contribution is 2.36. The van der Waals surface area contributed by atoms with E-state index in [1.165, 1.54) is 5.56 Å². The number of rotatable bonds is 4. The number of nitrogen functional groups attached to an aromatic ring is 1. The Morgan fingerprint density at radius 1 is 1.22 bits per heavy atom. The van der Waals surface area contributed by atoms with Gasteiger partial charge >= 0.3 is 0 Å². The lowest BCUT2D eigenvalue weighted by Crippen LogP contribution is -2.09. The number of hydrogen-bond acceptors (Lipinski definition) is 5. The number of aromatic amines is 1. The van der Waals surface area contributed by atoms with Gasteiger partial charge in [-0.15, -0.1) is 0 Å². The van der Waals surface area contributed by atoms with Crippen molar-refractivity contribution in [2.24, 2.45) is 5.73 Å². The second-order valence-electron chi connectivity index (χ2n) is 7.14. The van der Waals surface area contributed by atoms with E-state index < -0.39 is 0 Å². The van der Waals surface area contributed by atoms with Crippen molar-refractivity contribution >= 4 is 11.9 Å². The number of aliphatic hydroxyl groups excluding tert-OH is 1. The predicted octanol–water partition coefficient (Wildman–Crippen LogP) is 2.92. The molecular weight excluding hydrogens is 338 g/mol. The van der Waals surface area contributed by atoms with Crippen molar-refractivity contribution in [1.29, 1.82) is 0 Å². The molecule has 7 N–H and O–H groups in total. The Bertz CT molecular complexity index is 910. The van der Waals surface area contributed by atoms with E-state index in [1.54, 1.807) is 12.3 Å². The maximum absolute atomic E-state index is 10.0. The Labute approximate surface area is 158 Å². The molecule has 6 nitrogen and oxygen atoms in total. The Hall–Kier alpha value is -2.99. The number of pyridine rings is 1. The maximum atomic E-state index is 10.0. The molecule has 2 aliphatic rings. The molecule has 2 unspecified atom stereocenters. The summed E-state index contributed by atoms with van der Waals surface area (Å²) in [6, 6.07) is 6.15. The van der Waals surface area contributed by atoms with Crippen molar-refractivity contribution in [1.82, 2.24) is 15.3 Å². The van der Waals surface area contributed by atoms with Gasteiger partial charge in [0, 0.05) is 59.8 Å². The fourth-order valence-electron chi connectivity index (χ4n) is 3.95. The van der Waals surface area contributed by atoms with Crippen LogP contribution in [0.1, 0.15) is 41.5 Å². The van der Waals surface area contributed by atoms with E-state index in [-0.39, 0.29) is 5.76 Å². The van der Waals surface area contributed by atoms with Crippen LogP contribution in [0.4, 0.5) is 5.82 Å². The first-order valence-electron chi connectivity index (χ1n) is 9.29. The predicted molar refractivity (Wildman–Crippen MR) is 108 cm³/mol. The Morgan fingerprint density at radius 3 is 2.81 bits per heavy atom. The summed E-state index contributed by atoms with van der Waals surface area (Å²) in [5.41, 5.74) is 16.8. The molecule has 0 aromatic carbocycles. The minimum atomic E-state index is 0.237.